The van der Waals surface area contributed by atoms with Gasteiger partial charge in [0.1, 0.15) is 5.82 Å². The molecule has 2 nitrogen and oxygen atoms in total. The van der Waals surface area contributed by atoms with Crippen molar-refractivity contribution in [1.82, 2.24) is 9.88 Å². The summed E-state index contributed by atoms with van der Waals surface area (Å²) < 4.78 is 15.4. The number of rotatable bonds is 3. The molecule has 0 spiro atoms. The lowest BCUT2D eigenvalue weighted by atomic mass is 9.97. The SMILES string of the molecule is Fc1ccc(C2=CNCc3c2ccn3Cc2ccccc2)cc1. The van der Waals surface area contributed by atoms with Gasteiger partial charge in [0.2, 0.25) is 0 Å². The highest BCUT2D eigenvalue weighted by molar-refractivity contribution is 5.81. The predicted octanol–water partition coefficient (Wildman–Crippen LogP) is 4.17. The molecule has 3 heteroatoms. The van der Waals surface area contributed by atoms with E-state index in [0.29, 0.717) is 0 Å². The molecule has 0 aliphatic carbocycles. The molecule has 2 heterocycles. The largest absolute Gasteiger partial charge is 0.385 e. The Labute approximate surface area is 134 Å². The van der Waals surface area contributed by atoms with E-state index >= 15 is 0 Å². The second kappa shape index (κ2) is 5.76. The van der Waals surface area contributed by atoms with Gasteiger partial charge in [0.25, 0.3) is 0 Å². The van der Waals surface area contributed by atoms with Crippen LogP contribution in [0, 0.1) is 5.82 Å². The van der Waals surface area contributed by atoms with Crippen molar-refractivity contribution < 1.29 is 4.39 Å². The number of fused-ring (bicyclic) bond motifs is 1. The molecule has 0 saturated heterocycles. The molecule has 114 valence electrons. The number of nitrogens with zero attached hydrogens (tertiary/aromatic N) is 1. The Morgan fingerprint density at radius 3 is 2.52 bits per heavy atom. The number of benzene rings is 2. The summed E-state index contributed by atoms with van der Waals surface area (Å²) in [7, 11) is 0. The van der Waals surface area contributed by atoms with Crippen LogP contribution in [0.25, 0.3) is 5.57 Å². The Morgan fingerprint density at radius 1 is 0.957 bits per heavy atom. The molecule has 0 unspecified atom stereocenters. The van der Waals surface area contributed by atoms with Crippen LogP contribution in [0.5, 0.6) is 0 Å². The maximum Gasteiger partial charge on any atom is 0.123 e. The lowest BCUT2D eigenvalue weighted by molar-refractivity contribution is 0.627. The van der Waals surface area contributed by atoms with Gasteiger partial charge in [0.05, 0.1) is 6.54 Å². The number of halogens is 1. The molecule has 1 aromatic heterocycles. The van der Waals surface area contributed by atoms with Crippen LogP contribution in [0.3, 0.4) is 0 Å². The third-order valence-corrected chi connectivity index (χ3v) is 4.24. The van der Waals surface area contributed by atoms with E-state index < -0.39 is 0 Å². The highest BCUT2D eigenvalue weighted by Crippen LogP contribution is 2.30. The fourth-order valence-corrected chi connectivity index (χ4v) is 3.07. The van der Waals surface area contributed by atoms with Crippen LogP contribution in [0.1, 0.15) is 22.4 Å². The van der Waals surface area contributed by atoms with Crippen molar-refractivity contribution in [1.29, 1.82) is 0 Å². The van der Waals surface area contributed by atoms with Crippen molar-refractivity contribution in [2.24, 2.45) is 0 Å². The fraction of sp³-hybridized carbons (Fsp3) is 0.100. The first kappa shape index (κ1) is 13.8. The van der Waals surface area contributed by atoms with Gasteiger partial charge in [-0.25, -0.2) is 4.39 Å². The average molecular weight is 304 g/mol. The highest BCUT2D eigenvalue weighted by Gasteiger charge is 2.18. The number of hydrogen-bond donors (Lipinski definition) is 1. The molecule has 0 saturated carbocycles. The summed E-state index contributed by atoms with van der Waals surface area (Å²) in [6.45, 7) is 1.66. The van der Waals surface area contributed by atoms with Gasteiger partial charge in [-0.05, 0) is 29.3 Å². The average Bonchev–Trinajstić information content (AvgIpc) is 3.00. The Kier molecular flexibility index (Phi) is 3.46. The molecule has 0 bridgehead atoms. The van der Waals surface area contributed by atoms with E-state index in [1.165, 1.54) is 29.0 Å². The standard InChI is InChI=1S/C20H17FN2/c21-17-8-6-16(7-9-17)19-12-22-13-20-18(19)10-11-23(20)14-15-4-2-1-3-5-15/h1-12,22H,13-14H2. The quantitative estimate of drug-likeness (QED) is 0.768. The zero-order valence-corrected chi connectivity index (χ0v) is 12.7. The van der Waals surface area contributed by atoms with E-state index in [0.717, 1.165) is 24.2 Å². The summed E-state index contributed by atoms with van der Waals surface area (Å²) in [6.07, 6.45) is 4.14. The maximum atomic E-state index is 13.2. The van der Waals surface area contributed by atoms with E-state index in [9.17, 15) is 4.39 Å². The van der Waals surface area contributed by atoms with E-state index in [1.807, 2.05) is 24.4 Å². The molecule has 23 heavy (non-hydrogen) atoms. The summed E-state index contributed by atoms with van der Waals surface area (Å²) in [5.41, 5.74) is 5.89. The van der Waals surface area contributed by atoms with Gasteiger partial charge in [-0.3, -0.25) is 0 Å². The third kappa shape index (κ3) is 2.66. The van der Waals surface area contributed by atoms with Gasteiger partial charge in [0, 0.05) is 35.8 Å². The molecule has 4 rings (SSSR count). The van der Waals surface area contributed by atoms with Crippen LogP contribution in [0.2, 0.25) is 0 Å². The molecule has 1 aliphatic heterocycles. The Hall–Kier alpha value is -2.81. The number of hydrogen-bond acceptors (Lipinski definition) is 1. The van der Waals surface area contributed by atoms with Gasteiger partial charge >= 0.3 is 0 Å². The fourth-order valence-electron chi connectivity index (χ4n) is 3.07. The Bertz CT molecular complexity index is 845. The van der Waals surface area contributed by atoms with Crippen molar-refractivity contribution in [3.63, 3.8) is 0 Å². The first-order chi connectivity index (χ1) is 11.3. The van der Waals surface area contributed by atoms with Gasteiger partial charge in [0.15, 0.2) is 0 Å². The van der Waals surface area contributed by atoms with Crippen LogP contribution >= 0.6 is 0 Å². The van der Waals surface area contributed by atoms with E-state index in [-0.39, 0.29) is 5.82 Å². The third-order valence-electron chi connectivity index (χ3n) is 4.24. The summed E-state index contributed by atoms with van der Waals surface area (Å²) in [6, 6.07) is 19.2. The molecule has 1 aliphatic rings. The predicted molar refractivity (Wildman–Crippen MR) is 90.3 cm³/mol. The summed E-state index contributed by atoms with van der Waals surface area (Å²) in [5.74, 6) is -0.208. The zero-order chi connectivity index (χ0) is 15.6. The second-order valence-corrected chi connectivity index (χ2v) is 5.74. The van der Waals surface area contributed by atoms with E-state index in [4.69, 9.17) is 0 Å². The first-order valence-corrected chi connectivity index (χ1v) is 7.73. The van der Waals surface area contributed by atoms with Crippen LogP contribution in [-0.2, 0) is 13.1 Å². The number of aromatic nitrogens is 1. The molecule has 0 atom stereocenters. The van der Waals surface area contributed by atoms with Gasteiger partial charge < -0.3 is 9.88 Å². The van der Waals surface area contributed by atoms with Crippen molar-refractivity contribution in [2.75, 3.05) is 0 Å². The van der Waals surface area contributed by atoms with Gasteiger partial charge in [-0.2, -0.15) is 0 Å². The lowest BCUT2D eigenvalue weighted by Crippen LogP contribution is -2.17. The molecule has 0 fully saturated rings. The van der Waals surface area contributed by atoms with Gasteiger partial charge in [-0.15, -0.1) is 0 Å². The molecular weight excluding hydrogens is 287 g/mol. The van der Waals surface area contributed by atoms with Crippen LogP contribution in [0.15, 0.2) is 73.1 Å². The van der Waals surface area contributed by atoms with Crippen LogP contribution in [-0.4, -0.2) is 4.57 Å². The Morgan fingerprint density at radius 2 is 1.74 bits per heavy atom. The van der Waals surface area contributed by atoms with Gasteiger partial charge in [-0.1, -0.05) is 42.5 Å². The van der Waals surface area contributed by atoms with Crippen molar-refractivity contribution in [2.45, 2.75) is 13.1 Å². The van der Waals surface area contributed by atoms with Crippen molar-refractivity contribution in [3.05, 3.63) is 101 Å². The maximum absolute atomic E-state index is 13.2. The number of nitrogens with one attached hydrogen (secondary N) is 1. The minimum atomic E-state index is -0.208. The van der Waals surface area contributed by atoms with E-state index in [1.54, 1.807) is 0 Å². The molecule has 0 radical (unpaired) electrons. The molecule has 0 amide bonds. The Balaban J connectivity index is 1.69. The van der Waals surface area contributed by atoms with Crippen molar-refractivity contribution in [3.8, 4) is 0 Å². The highest BCUT2D eigenvalue weighted by atomic mass is 19.1. The minimum absolute atomic E-state index is 0.208. The zero-order valence-electron chi connectivity index (χ0n) is 12.7. The second-order valence-electron chi connectivity index (χ2n) is 5.74. The molecule has 1 N–H and O–H groups in total. The van der Waals surface area contributed by atoms with Crippen molar-refractivity contribution >= 4 is 5.57 Å². The summed E-state index contributed by atoms with van der Waals surface area (Å²) in [5, 5.41) is 3.34. The normalized spacial score (nSPS) is 13.2. The smallest absolute Gasteiger partial charge is 0.123 e. The topological polar surface area (TPSA) is 17.0 Å². The van der Waals surface area contributed by atoms with Crippen LogP contribution in [0.4, 0.5) is 4.39 Å². The lowest BCUT2D eigenvalue weighted by Gasteiger charge is -2.19. The monoisotopic (exact) mass is 304 g/mol. The molecule has 2 aromatic carbocycles. The van der Waals surface area contributed by atoms with E-state index in [2.05, 4.69) is 46.4 Å². The summed E-state index contributed by atoms with van der Waals surface area (Å²) >= 11 is 0. The minimum Gasteiger partial charge on any atom is -0.385 e. The molecule has 3 aromatic rings. The van der Waals surface area contributed by atoms with Crippen LogP contribution < -0.4 is 5.32 Å². The molecular formula is C20H17FN2. The first-order valence-electron chi connectivity index (χ1n) is 7.73. The summed E-state index contributed by atoms with van der Waals surface area (Å²) in [4.78, 5) is 0.